The van der Waals surface area contributed by atoms with Gasteiger partial charge in [-0.1, -0.05) is 20.8 Å². The lowest BCUT2D eigenvalue weighted by Crippen LogP contribution is -2.30. The van der Waals surface area contributed by atoms with E-state index in [1.807, 2.05) is 0 Å². The van der Waals surface area contributed by atoms with Crippen LogP contribution in [-0.4, -0.2) is 24.1 Å². The first-order valence-corrected chi connectivity index (χ1v) is 6.51. The maximum Gasteiger partial charge on any atom is 0.272 e. The number of hydrogen-bond donors (Lipinski definition) is 1. The van der Waals surface area contributed by atoms with Gasteiger partial charge in [-0.2, -0.15) is 0 Å². The van der Waals surface area contributed by atoms with Crippen molar-refractivity contribution >= 4 is 5.69 Å². The number of rotatable bonds is 7. The van der Waals surface area contributed by atoms with Gasteiger partial charge >= 0.3 is 0 Å². The van der Waals surface area contributed by atoms with Crippen LogP contribution in [0.5, 0.6) is 5.75 Å². The van der Waals surface area contributed by atoms with Gasteiger partial charge in [0, 0.05) is 30.1 Å². The molecule has 0 aliphatic heterocycles. The van der Waals surface area contributed by atoms with Crippen molar-refractivity contribution in [3.8, 4) is 5.75 Å². The summed E-state index contributed by atoms with van der Waals surface area (Å²) < 4.78 is 5.65. The Bertz CT molecular complexity index is 433. The summed E-state index contributed by atoms with van der Waals surface area (Å²) in [4.78, 5) is 10.3. The molecule has 5 nitrogen and oxygen atoms in total. The molecule has 0 radical (unpaired) electrons. The largest absolute Gasteiger partial charge is 0.493 e. The molecule has 0 spiro atoms. The molecule has 19 heavy (non-hydrogen) atoms. The van der Waals surface area contributed by atoms with Crippen LogP contribution in [0.3, 0.4) is 0 Å². The summed E-state index contributed by atoms with van der Waals surface area (Å²) in [7, 11) is 0. The molecular formula is C14H22N2O3. The minimum Gasteiger partial charge on any atom is -0.493 e. The van der Waals surface area contributed by atoms with Gasteiger partial charge in [-0.05, 0) is 19.1 Å². The van der Waals surface area contributed by atoms with Gasteiger partial charge in [0.05, 0.1) is 11.5 Å². The number of hydrogen-bond acceptors (Lipinski definition) is 4. The van der Waals surface area contributed by atoms with E-state index in [-0.39, 0.29) is 10.6 Å². The van der Waals surface area contributed by atoms with Gasteiger partial charge in [-0.25, -0.2) is 0 Å². The van der Waals surface area contributed by atoms with Crippen LogP contribution in [0.25, 0.3) is 0 Å². The molecular weight excluding hydrogens is 244 g/mol. The van der Waals surface area contributed by atoms with E-state index in [4.69, 9.17) is 4.74 Å². The lowest BCUT2D eigenvalue weighted by molar-refractivity contribution is -0.385. The number of benzene rings is 1. The molecule has 0 heterocycles. The Morgan fingerprint density at radius 1 is 1.37 bits per heavy atom. The summed E-state index contributed by atoms with van der Waals surface area (Å²) >= 11 is 0. The van der Waals surface area contributed by atoms with E-state index in [0.29, 0.717) is 29.9 Å². The number of nitrogens with zero attached hydrogens (tertiary/aromatic N) is 1. The third-order valence-electron chi connectivity index (χ3n) is 2.77. The predicted molar refractivity (Wildman–Crippen MR) is 75.6 cm³/mol. The molecule has 1 N–H and O–H groups in total. The van der Waals surface area contributed by atoms with E-state index in [2.05, 4.69) is 26.1 Å². The molecule has 0 aliphatic rings. The van der Waals surface area contributed by atoms with Crippen molar-refractivity contribution in [1.82, 2.24) is 5.32 Å². The number of aryl methyl sites for hydroxylation is 1. The zero-order chi connectivity index (χ0) is 14.4. The Morgan fingerprint density at radius 2 is 2.05 bits per heavy atom. The SMILES string of the molecule is Cc1cc(OCC(C)CNC(C)C)ccc1[N+](=O)[O-]. The highest BCUT2D eigenvalue weighted by molar-refractivity contribution is 5.44. The molecule has 0 amide bonds. The van der Waals surface area contributed by atoms with Gasteiger partial charge in [-0.15, -0.1) is 0 Å². The van der Waals surface area contributed by atoms with Gasteiger partial charge in [0.15, 0.2) is 0 Å². The molecule has 0 aliphatic carbocycles. The van der Waals surface area contributed by atoms with Gasteiger partial charge in [0.25, 0.3) is 5.69 Å². The molecule has 0 saturated heterocycles. The highest BCUT2D eigenvalue weighted by Gasteiger charge is 2.11. The topological polar surface area (TPSA) is 64.4 Å². The number of nitro groups is 1. The summed E-state index contributed by atoms with van der Waals surface area (Å²) in [6, 6.07) is 5.31. The minimum absolute atomic E-state index is 0.127. The van der Waals surface area contributed by atoms with E-state index in [1.54, 1.807) is 19.1 Å². The van der Waals surface area contributed by atoms with Gasteiger partial charge in [-0.3, -0.25) is 10.1 Å². The minimum atomic E-state index is -0.381. The predicted octanol–water partition coefficient (Wildman–Crippen LogP) is 2.92. The Labute approximate surface area is 114 Å². The fourth-order valence-electron chi connectivity index (χ4n) is 1.66. The molecule has 0 fully saturated rings. The maximum absolute atomic E-state index is 10.7. The van der Waals surface area contributed by atoms with E-state index >= 15 is 0 Å². The maximum atomic E-state index is 10.7. The zero-order valence-corrected chi connectivity index (χ0v) is 12.0. The van der Waals surface area contributed by atoms with E-state index in [1.165, 1.54) is 6.07 Å². The molecule has 0 aromatic heterocycles. The molecule has 1 unspecified atom stereocenters. The summed E-state index contributed by atoms with van der Waals surface area (Å²) in [5.41, 5.74) is 0.748. The van der Waals surface area contributed by atoms with Crippen LogP contribution in [-0.2, 0) is 0 Å². The summed E-state index contributed by atoms with van der Waals surface area (Å²) in [6.45, 7) is 9.52. The molecule has 1 atom stereocenters. The standard InChI is InChI=1S/C14H22N2O3/c1-10(2)15-8-11(3)9-19-13-5-6-14(16(17)18)12(4)7-13/h5-7,10-11,15H,8-9H2,1-4H3. The van der Waals surface area contributed by atoms with Crippen LogP contribution in [0, 0.1) is 23.0 Å². The quantitative estimate of drug-likeness (QED) is 0.608. The number of ether oxygens (including phenoxy) is 1. The molecule has 1 aromatic carbocycles. The first-order valence-electron chi connectivity index (χ1n) is 6.51. The van der Waals surface area contributed by atoms with Crippen LogP contribution in [0.4, 0.5) is 5.69 Å². The fraction of sp³-hybridized carbons (Fsp3) is 0.571. The van der Waals surface area contributed by atoms with Crippen LogP contribution < -0.4 is 10.1 Å². The number of nitro benzene ring substituents is 1. The third kappa shape index (κ3) is 5.26. The molecule has 0 bridgehead atoms. The van der Waals surface area contributed by atoms with Crippen molar-refractivity contribution in [3.05, 3.63) is 33.9 Å². The van der Waals surface area contributed by atoms with Crippen LogP contribution in [0.15, 0.2) is 18.2 Å². The van der Waals surface area contributed by atoms with Crippen molar-refractivity contribution in [2.75, 3.05) is 13.2 Å². The summed E-state index contributed by atoms with van der Waals surface area (Å²) in [5.74, 6) is 1.07. The first kappa shape index (κ1) is 15.4. The van der Waals surface area contributed by atoms with Crippen LogP contribution in [0.2, 0.25) is 0 Å². The van der Waals surface area contributed by atoms with Gasteiger partial charge in [0.1, 0.15) is 5.75 Å². The molecule has 1 aromatic rings. The number of nitrogens with one attached hydrogen (secondary N) is 1. The lowest BCUT2D eigenvalue weighted by Gasteiger charge is -2.16. The molecule has 0 saturated carbocycles. The summed E-state index contributed by atoms with van der Waals surface area (Å²) in [5, 5.41) is 14.1. The summed E-state index contributed by atoms with van der Waals surface area (Å²) in [6.07, 6.45) is 0. The van der Waals surface area contributed by atoms with Crippen molar-refractivity contribution in [1.29, 1.82) is 0 Å². The monoisotopic (exact) mass is 266 g/mol. The smallest absolute Gasteiger partial charge is 0.272 e. The van der Waals surface area contributed by atoms with E-state index in [9.17, 15) is 10.1 Å². The molecule has 106 valence electrons. The normalized spacial score (nSPS) is 12.5. The van der Waals surface area contributed by atoms with Crippen molar-refractivity contribution in [2.24, 2.45) is 5.92 Å². The third-order valence-corrected chi connectivity index (χ3v) is 2.77. The second-order valence-corrected chi connectivity index (χ2v) is 5.18. The average molecular weight is 266 g/mol. The van der Waals surface area contributed by atoms with Crippen molar-refractivity contribution in [2.45, 2.75) is 33.7 Å². The fourth-order valence-corrected chi connectivity index (χ4v) is 1.66. The second kappa shape index (κ2) is 7.09. The van der Waals surface area contributed by atoms with Crippen molar-refractivity contribution in [3.63, 3.8) is 0 Å². The average Bonchev–Trinajstić information content (AvgIpc) is 2.33. The zero-order valence-electron chi connectivity index (χ0n) is 12.0. The Balaban J connectivity index is 2.50. The Kier molecular flexibility index (Phi) is 5.76. The molecule has 5 heteroatoms. The molecule has 1 rings (SSSR count). The van der Waals surface area contributed by atoms with E-state index < -0.39 is 0 Å². The van der Waals surface area contributed by atoms with Crippen LogP contribution in [0.1, 0.15) is 26.3 Å². The second-order valence-electron chi connectivity index (χ2n) is 5.18. The van der Waals surface area contributed by atoms with E-state index in [0.717, 1.165) is 6.54 Å². The highest BCUT2D eigenvalue weighted by Crippen LogP contribution is 2.23. The lowest BCUT2D eigenvalue weighted by atomic mass is 10.2. The van der Waals surface area contributed by atoms with Gasteiger partial charge in [0.2, 0.25) is 0 Å². The van der Waals surface area contributed by atoms with Crippen LogP contribution >= 0.6 is 0 Å². The highest BCUT2D eigenvalue weighted by atomic mass is 16.6. The van der Waals surface area contributed by atoms with Crippen molar-refractivity contribution < 1.29 is 9.66 Å². The first-order chi connectivity index (χ1) is 8.90. The Hall–Kier alpha value is -1.62. The Morgan fingerprint density at radius 3 is 2.58 bits per heavy atom. The van der Waals surface area contributed by atoms with Gasteiger partial charge < -0.3 is 10.1 Å².